The van der Waals surface area contributed by atoms with E-state index in [0.29, 0.717) is 0 Å². The molecule has 0 aliphatic carbocycles. The molecular weight excluding hydrogens is 234 g/mol. The van der Waals surface area contributed by atoms with E-state index < -0.39 is 0 Å². The average Bonchev–Trinajstić information content (AvgIpc) is 2.39. The molecule has 0 amide bonds. The molecule has 0 fully saturated rings. The fraction of sp³-hybridized carbons (Fsp3) is 0.375. The fourth-order valence-electron chi connectivity index (χ4n) is 1.95. The summed E-state index contributed by atoms with van der Waals surface area (Å²) >= 11 is 0. The monoisotopic (exact) mass is 255 g/mol. The number of hydrogen-bond donors (Lipinski definition) is 1. The van der Waals surface area contributed by atoms with Gasteiger partial charge in [0.25, 0.3) is 0 Å². The summed E-state index contributed by atoms with van der Waals surface area (Å²) < 4.78 is 0. The van der Waals surface area contributed by atoms with Crippen molar-refractivity contribution in [1.29, 1.82) is 0 Å². The third-order valence-corrected chi connectivity index (χ3v) is 2.95. The summed E-state index contributed by atoms with van der Waals surface area (Å²) in [5, 5.41) is 3.38. The molecular formula is C16H21N3. The molecule has 3 nitrogen and oxygen atoms in total. The van der Waals surface area contributed by atoms with Gasteiger partial charge in [0.2, 0.25) is 0 Å². The van der Waals surface area contributed by atoms with Crippen LogP contribution in [-0.2, 0) is 6.54 Å². The second-order valence-electron chi connectivity index (χ2n) is 4.87. The Balaban J connectivity index is 2.23. The van der Waals surface area contributed by atoms with Gasteiger partial charge in [-0.15, -0.1) is 0 Å². The second-order valence-corrected chi connectivity index (χ2v) is 4.87. The minimum Gasteiger partial charge on any atom is -0.311 e. The maximum absolute atomic E-state index is 4.63. The van der Waals surface area contributed by atoms with Crippen LogP contribution in [0.5, 0.6) is 0 Å². The van der Waals surface area contributed by atoms with Crippen molar-refractivity contribution >= 4 is 0 Å². The van der Waals surface area contributed by atoms with Crippen molar-refractivity contribution in [1.82, 2.24) is 15.3 Å². The molecule has 0 spiro atoms. The largest absolute Gasteiger partial charge is 0.311 e. The molecule has 0 saturated carbocycles. The third-order valence-electron chi connectivity index (χ3n) is 2.95. The highest BCUT2D eigenvalue weighted by Crippen LogP contribution is 2.16. The number of nitrogens with zero attached hydrogens (tertiary/aromatic N) is 2. The quantitative estimate of drug-likeness (QED) is 0.833. The van der Waals surface area contributed by atoms with Crippen LogP contribution in [0.1, 0.15) is 30.3 Å². The van der Waals surface area contributed by atoms with Crippen LogP contribution in [0.3, 0.4) is 0 Å². The van der Waals surface area contributed by atoms with Crippen LogP contribution < -0.4 is 5.32 Å². The predicted molar refractivity (Wildman–Crippen MR) is 78.9 cm³/mol. The van der Waals surface area contributed by atoms with E-state index in [4.69, 9.17) is 0 Å². The Kier molecular flexibility index (Phi) is 4.63. The summed E-state index contributed by atoms with van der Waals surface area (Å²) in [6.07, 6.45) is 1.13. The van der Waals surface area contributed by atoms with Crippen LogP contribution in [0.25, 0.3) is 11.4 Å². The number of aryl methyl sites for hydroxylation is 2. The highest BCUT2D eigenvalue weighted by molar-refractivity contribution is 5.55. The van der Waals surface area contributed by atoms with E-state index in [1.807, 2.05) is 13.0 Å². The minimum atomic E-state index is 0.802. The van der Waals surface area contributed by atoms with Crippen molar-refractivity contribution in [3.63, 3.8) is 0 Å². The topological polar surface area (TPSA) is 37.8 Å². The fourth-order valence-corrected chi connectivity index (χ4v) is 1.95. The van der Waals surface area contributed by atoms with Crippen molar-refractivity contribution in [3.8, 4) is 11.4 Å². The van der Waals surface area contributed by atoms with Gasteiger partial charge in [0.1, 0.15) is 0 Å². The van der Waals surface area contributed by atoms with Crippen LogP contribution in [0.15, 0.2) is 30.3 Å². The smallest absolute Gasteiger partial charge is 0.159 e. The van der Waals surface area contributed by atoms with Crippen LogP contribution >= 0.6 is 0 Å². The minimum absolute atomic E-state index is 0.802. The Hall–Kier alpha value is -1.74. The van der Waals surface area contributed by atoms with Gasteiger partial charge >= 0.3 is 0 Å². The summed E-state index contributed by atoms with van der Waals surface area (Å²) in [5.41, 5.74) is 4.39. The molecule has 2 rings (SSSR count). The maximum Gasteiger partial charge on any atom is 0.159 e. The molecule has 1 aromatic heterocycles. The first-order valence-electron chi connectivity index (χ1n) is 6.81. The molecule has 0 saturated heterocycles. The van der Waals surface area contributed by atoms with E-state index in [1.54, 1.807) is 0 Å². The lowest BCUT2D eigenvalue weighted by Crippen LogP contribution is -2.15. The lowest BCUT2D eigenvalue weighted by molar-refractivity contribution is 0.662. The molecule has 0 bridgehead atoms. The number of benzene rings is 1. The van der Waals surface area contributed by atoms with Crippen molar-refractivity contribution in [2.75, 3.05) is 6.54 Å². The maximum atomic E-state index is 4.63. The van der Waals surface area contributed by atoms with Gasteiger partial charge in [-0.2, -0.15) is 0 Å². The Morgan fingerprint density at radius 2 is 1.79 bits per heavy atom. The van der Waals surface area contributed by atoms with Crippen molar-refractivity contribution in [2.24, 2.45) is 0 Å². The first-order chi connectivity index (χ1) is 9.19. The molecule has 0 atom stereocenters. The van der Waals surface area contributed by atoms with Crippen LogP contribution in [0.4, 0.5) is 0 Å². The van der Waals surface area contributed by atoms with Gasteiger partial charge in [-0.05, 0) is 32.9 Å². The van der Waals surface area contributed by atoms with Gasteiger partial charge in [-0.1, -0.05) is 36.8 Å². The number of hydrogen-bond acceptors (Lipinski definition) is 3. The lowest BCUT2D eigenvalue weighted by atomic mass is 10.1. The summed E-state index contributed by atoms with van der Waals surface area (Å²) in [5.74, 6) is 0.813. The van der Waals surface area contributed by atoms with Gasteiger partial charge in [0, 0.05) is 17.8 Å². The molecule has 1 N–H and O–H groups in total. The third kappa shape index (κ3) is 3.86. The highest BCUT2D eigenvalue weighted by Gasteiger charge is 2.04. The number of nitrogens with one attached hydrogen (secondary N) is 1. The number of aromatic nitrogens is 2. The molecule has 2 aromatic rings. The van der Waals surface area contributed by atoms with Gasteiger partial charge in [0.15, 0.2) is 5.82 Å². The average molecular weight is 255 g/mol. The first kappa shape index (κ1) is 13.7. The predicted octanol–water partition coefficient (Wildman–Crippen LogP) is 3.26. The van der Waals surface area contributed by atoms with E-state index in [2.05, 4.69) is 53.4 Å². The van der Waals surface area contributed by atoms with E-state index in [0.717, 1.165) is 42.3 Å². The van der Waals surface area contributed by atoms with E-state index in [-0.39, 0.29) is 0 Å². The SMILES string of the molecule is CCCNCc1cc(C)nc(-c2ccc(C)cc2)n1. The van der Waals surface area contributed by atoms with E-state index >= 15 is 0 Å². The first-order valence-corrected chi connectivity index (χ1v) is 6.81. The van der Waals surface area contributed by atoms with Gasteiger partial charge in [-0.3, -0.25) is 0 Å². The molecule has 100 valence electrons. The summed E-state index contributed by atoms with van der Waals surface area (Å²) in [4.78, 5) is 9.15. The lowest BCUT2D eigenvalue weighted by Gasteiger charge is -2.07. The molecule has 0 aliphatic heterocycles. The molecule has 3 heteroatoms. The molecule has 1 heterocycles. The summed E-state index contributed by atoms with van der Waals surface area (Å²) in [6, 6.07) is 10.4. The zero-order valence-electron chi connectivity index (χ0n) is 11.9. The van der Waals surface area contributed by atoms with Crippen LogP contribution in [0.2, 0.25) is 0 Å². The van der Waals surface area contributed by atoms with Crippen molar-refractivity contribution < 1.29 is 0 Å². The van der Waals surface area contributed by atoms with Crippen molar-refractivity contribution in [3.05, 3.63) is 47.3 Å². The molecule has 19 heavy (non-hydrogen) atoms. The van der Waals surface area contributed by atoms with E-state index in [1.165, 1.54) is 5.56 Å². The molecule has 0 radical (unpaired) electrons. The normalized spacial score (nSPS) is 10.7. The number of rotatable bonds is 5. The summed E-state index contributed by atoms with van der Waals surface area (Å²) in [7, 11) is 0. The Morgan fingerprint density at radius 3 is 2.47 bits per heavy atom. The van der Waals surface area contributed by atoms with Crippen molar-refractivity contribution in [2.45, 2.75) is 33.7 Å². The Labute approximate surface area is 115 Å². The molecule has 1 aromatic carbocycles. The standard InChI is InChI=1S/C16H21N3/c1-4-9-17-11-15-10-13(3)18-16(19-15)14-7-5-12(2)6-8-14/h5-8,10,17H,4,9,11H2,1-3H3. The van der Waals surface area contributed by atoms with Crippen LogP contribution in [0, 0.1) is 13.8 Å². The second kappa shape index (κ2) is 6.43. The van der Waals surface area contributed by atoms with Gasteiger partial charge < -0.3 is 5.32 Å². The highest BCUT2D eigenvalue weighted by atomic mass is 14.9. The van der Waals surface area contributed by atoms with Gasteiger partial charge in [0.05, 0.1) is 5.69 Å². The molecule has 0 unspecified atom stereocenters. The van der Waals surface area contributed by atoms with Gasteiger partial charge in [-0.25, -0.2) is 9.97 Å². The zero-order valence-corrected chi connectivity index (χ0v) is 11.9. The Morgan fingerprint density at radius 1 is 1.05 bits per heavy atom. The summed E-state index contributed by atoms with van der Waals surface area (Å²) in [6.45, 7) is 8.08. The van der Waals surface area contributed by atoms with E-state index in [9.17, 15) is 0 Å². The Bertz CT molecular complexity index is 532. The zero-order chi connectivity index (χ0) is 13.7. The molecule has 0 aliphatic rings. The van der Waals surface area contributed by atoms with Crippen LogP contribution in [-0.4, -0.2) is 16.5 Å².